The molecule has 156 valence electrons. The second kappa shape index (κ2) is 8.17. The summed E-state index contributed by atoms with van der Waals surface area (Å²) in [5.41, 5.74) is 7.67. The molecule has 0 bridgehead atoms. The molecule has 0 atom stereocenters. The van der Waals surface area contributed by atoms with E-state index in [-0.39, 0.29) is 0 Å². The molecule has 0 saturated carbocycles. The number of hydrogen-bond donors (Lipinski definition) is 0. The highest BCUT2D eigenvalue weighted by atomic mass is 16.3. The fraction of sp³-hybridized carbons (Fsp3) is 0. The van der Waals surface area contributed by atoms with Crippen molar-refractivity contribution in [3.05, 3.63) is 115 Å². The van der Waals surface area contributed by atoms with Gasteiger partial charge in [0.25, 0.3) is 0 Å². The van der Waals surface area contributed by atoms with Crippen molar-refractivity contribution in [2.75, 3.05) is 0 Å². The van der Waals surface area contributed by atoms with E-state index in [0.717, 1.165) is 27.9 Å². The molecule has 0 amide bonds. The van der Waals surface area contributed by atoms with Crippen LogP contribution in [0.2, 0.25) is 0 Å². The van der Waals surface area contributed by atoms with Crippen molar-refractivity contribution in [3.63, 3.8) is 0 Å². The van der Waals surface area contributed by atoms with E-state index in [4.69, 9.17) is 9.40 Å². The standard InChI is InChI=1S/C29H19N3O/c1-3-7-20(8-4-1)21-11-13-22(14-12-21)25-17-18-30-28(31-25)24-15-16-26-27(19-24)33-29(32-26)23-9-5-2-6-10-23/h1-19H. The van der Waals surface area contributed by atoms with Crippen molar-refractivity contribution in [1.29, 1.82) is 0 Å². The molecule has 33 heavy (non-hydrogen) atoms. The second-order valence-electron chi connectivity index (χ2n) is 7.78. The Bertz CT molecular complexity index is 1540. The molecule has 0 N–H and O–H groups in total. The van der Waals surface area contributed by atoms with E-state index < -0.39 is 0 Å². The smallest absolute Gasteiger partial charge is 0.227 e. The molecular weight excluding hydrogens is 406 g/mol. The van der Waals surface area contributed by atoms with Crippen LogP contribution in [0.5, 0.6) is 0 Å². The number of nitrogens with zero attached hydrogens (tertiary/aromatic N) is 3. The normalized spacial score (nSPS) is 11.0. The van der Waals surface area contributed by atoms with E-state index in [9.17, 15) is 0 Å². The zero-order valence-electron chi connectivity index (χ0n) is 17.7. The van der Waals surface area contributed by atoms with Crippen LogP contribution in [0.4, 0.5) is 0 Å². The Kier molecular flexibility index (Phi) is 4.74. The fourth-order valence-corrected chi connectivity index (χ4v) is 3.89. The van der Waals surface area contributed by atoms with Crippen LogP contribution in [0.1, 0.15) is 0 Å². The van der Waals surface area contributed by atoms with E-state index in [2.05, 4.69) is 46.4 Å². The molecule has 6 aromatic rings. The highest BCUT2D eigenvalue weighted by molar-refractivity contribution is 5.81. The summed E-state index contributed by atoms with van der Waals surface area (Å²) < 4.78 is 6.02. The van der Waals surface area contributed by atoms with Crippen LogP contribution < -0.4 is 0 Å². The van der Waals surface area contributed by atoms with Gasteiger partial charge in [0.05, 0.1) is 5.69 Å². The first kappa shape index (κ1) is 19.1. The number of benzene rings is 4. The third-order valence-corrected chi connectivity index (χ3v) is 5.61. The molecule has 0 aliphatic heterocycles. The number of oxazole rings is 1. The minimum atomic E-state index is 0.607. The Labute approximate surface area is 191 Å². The van der Waals surface area contributed by atoms with Gasteiger partial charge in [-0.25, -0.2) is 15.0 Å². The van der Waals surface area contributed by atoms with E-state index in [1.165, 1.54) is 11.1 Å². The molecule has 0 aliphatic carbocycles. The Hall–Kier alpha value is -4.57. The molecule has 6 rings (SSSR count). The molecule has 4 nitrogen and oxygen atoms in total. The van der Waals surface area contributed by atoms with Crippen LogP contribution in [0, 0.1) is 0 Å². The SMILES string of the molecule is c1ccc(-c2ccc(-c3ccnc(-c4ccc5nc(-c6ccccc6)oc5c4)n3)cc2)cc1. The van der Waals surface area contributed by atoms with Crippen LogP contribution in [-0.2, 0) is 0 Å². The zero-order chi connectivity index (χ0) is 22.0. The van der Waals surface area contributed by atoms with Crippen LogP contribution in [0.3, 0.4) is 0 Å². The molecule has 0 saturated heterocycles. The number of hydrogen-bond acceptors (Lipinski definition) is 4. The second-order valence-corrected chi connectivity index (χ2v) is 7.78. The predicted molar refractivity (Wildman–Crippen MR) is 131 cm³/mol. The quantitative estimate of drug-likeness (QED) is 0.298. The Balaban J connectivity index is 1.32. The lowest BCUT2D eigenvalue weighted by molar-refractivity contribution is 0.620. The largest absolute Gasteiger partial charge is 0.436 e. The highest BCUT2D eigenvalue weighted by Crippen LogP contribution is 2.29. The molecule has 0 aliphatic rings. The van der Waals surface area contributed by atoms with Crippen molar-refractivity contribution < 1.29 is 4.42 Å². The zero-order valence-corrected chi connectivity index (χ0v) is 17.7. The summed E-state index contributed by atoms with van der Waals surface area (Å²) >= 11 is 0. The summed E-state index contributed by atoms with van der Waals surface area (Å²) in [4.78, 5) is 13.9. The van der Waals surface area contributed by atoms with Gasteiger partial charge in [-0.3, -0.25) is 0 Å². The van der Waals surface area contributed by atoms with Crippen molar-refractivity contribution in [3.8, 4) is 45.2 Å². The molecule has 2 aromatic heterocycles. The van der Waals surface area contributed by atoms with Gasteiger partial charge in [0.2, 0.25) is 5.89 Å². The number of aromatic nitrogens is 3. The van der Waals surface area contributed by atoms with E-state index in [1.54, 1.807) is 6.20 Å². The fourth-order valence-electron chi connectivity index (χ4n) is 3.89. The minimum Gasteiger partial charge on any atom is -0.436 e. The van der Waals surface area contributed by atoms with Gasteiger partial charge in [-0.2, -0.15) is 0 Å². The van der Waals surface area contributed by atoms with Crippen molar-refractivity contribution in [2.45, 2.75) is 0 Å². The summed E-state index contributed by atoms with van der Waals surface area (Å²) in [5, 5.41) is 0. The van der Waals surface area contributed by atoms with Gasteiger partial charge >= 0.3 is 0 Å². The van der Waals surface area contributed by atoms with Crippen LogP contribution in [0.15, 0.2) is 120 Å². The molecule has 0 spiro atoms. The summed E-state index contributed by atoms with van der Waals surface area (Å²) in [6.07, 6.45) is 1.79. The van der Waals surface area contributed by atoms with Crippen LogP contribution >= 0.6 is 0 Å². The maximum absolute atomic E-state index is 6.02. The molecule has 4 aromatic carbocycles. The average Bonchev–Trinajstić information content (AvgIpc) is 3.34. The molecular formula is C29H19N3O. The van der Waals surface area contributed by atoms with Gasteiger partial charge < -0.3 is 4.42 Å². The maximum atomic E-state index is 6.02. The summed E-state index contributed by atoms with van der Waals surface area (Å²) in [7, 11) is 0. The molecule has 4 heteroatoms. The van der Waals surface area contributed by atoms with Gasteiger partial charge in [0.1, 0.15) is 5.52 Å². The first-order chi connectivity index (χ1) is 16.3. The van der Waals surface area contributed by atoms with Crippen LogP contribution in [-0.4, -0.2) is 15.0 Å². The number of fused-ring (bicyclic) bond motifs is 1. The molecule has 0 radical (unpaired) electrons. The van der Waals surface area contributed by atoms with Gasteiger partial charge in [-0.1, -0.05) is 72.8 Å². The maximum Gasteiger partial charge on any atom is 0.227 e. The third-order valence-electron chi connectivity index (χ3n) is 5.61. The summed E-state index contributed by atoms with van der Waals surface area (Å²) in [6, 6.07) is 36.5. The number of rotatable bonds is 4. The van der Waals surface area contributed by atoms with Crippen molar-refractivity contribution >= 4 is 11.1 Å². The van der Waals surface area contributed by atoms with Crippen LogP contribution in [0.25, 0.3) is 56.3 Å². The molecule has 2 heterocycles. The highest BCUT2D eigenvalue weighted by Gasteiger charge is 2.11. The third kappa shape index (κ3) is 3.79. The van der Waals surface area contributed by atoms with Gasteiger partial charge in [-0.15, -0.1) is 0 Å². The van der Waals surface area contributed by atoms with Gasteiger partial charge in [0, 0.05) is 22.9 Å². The Morgan fingerprint density at radius 3 is 1.91 bits per heavy atom. The van der Waals surface area contributed by atoms with Crippen molar-refractivity contribution in [1.82, 2.24) is 15.0 Å². The topological polar surface area (TPSA) is 51.8 Å². The van der Waals surface area contributed by atoms with Gasteiger partial charge in [-0.05, 0) is 47.5 Å². The summed E-state index contributed by atoms with van der Waals surface area (Å²) in [5.74, 6) is 1.26. The molecule has 0 unspecified atom stereocenters. The Morgan fingerprint density at radius 2 is 1.15 bits per heavy atom. The summed E-state index contributed by atoms with van der Waals surface area (Å²) in [6.45, 7) is 0. The lowest BCUT2D eigenvalue weighted by atomic mass is 10.0. The van der Waals surface area contributed by atoms with Gasteiger partial charge in [0.15, 0.2) is 11.4 Å². The first-order valence-electron chi connectivity index (χ1n) is 10.8. The lowest BCUT2D eigenvalue weighted by Crippen LogP contribution is -1.91. The first-order valence-corrected chi connectivity index (χ1v) is 10.8. The van der Waals surface area contributed by atoms with E-state index in [1.807, 2.05) is 72.8 Å². The predicted octanol–water partition coefficient (Wildman–Crippen LogP) is 7.29. The monoisotopic (exact) mass is 425 g/mol. The van der Waals surface area contributed by atoms with E-state index in [0.29, 0.717) is 17.3 Å². The van der Waals surface area contributed by atoms with E-state index >= 15 is 0 Å². The lowest BCUT2D eigenvalue weighted by Gasteiger charge is -2.06. The Morgan fingerprint density at radius 1 is 0.515 bits per heavy atom. The van der Waals surface area contributed by atoms with Crippen molar-refractivity contribution in [2.24, 2.45) is 0 Å². The average molecular weight is 425 g/mol. The molecule has 0 fully saturated rings. The minimum absolute atomic E-state index is 0.607.